The van der Waals surface area contributed by atoms with Crippen LogP contribution in [0.2, 0.25) is 0 Å². The lowest BCUT2D eigenvalue weighted by molar-refractivity contribution is 0.300. The molecule has 0 aromatic heterocycles. The minimum atomic E-state index is -1.45. The summed E-state index contributed by atoms with van der Waals surface area (Å²) in [6.45, 7) is 1.43. The SMILES string of the molecule is OB(O)c1ccc(-c2ccc(OCCCCCCCCCOc3ccc(-c4ccc(B(O)O)cc4)cc3)cc2)cc1. The third-order valence-electron chi connectivity index (χ3n) is 7.12. The monoisotopic (exact) mass is 552 g/mol. The van der Waals surface area contributed by atoms with Gasteiger partial charge in [0.25, 0.3) is 0 Å². The van der Waals surface area contributed by atoms with Crippen LogP contribution in [0.5, 0.6) is 11.5 Å². The minimum absolute atomic E-state index is 0.480. The van der Waals surface area contributed by atoms with Crippen LogP contribution in [0.25, 0.3) is 22.3 Å². The van der Waals surface area contributed by atoms with Crippen LogP contribution in [0.1, 0.15) is 44.9 Å². The first-order valence-electron chi connectivity index (χ1n) is 14.4. The van der Waals surface area contributed by atoms with Crippen molar-refractivity contribution in [3.63, 3.8) is 0 Å². The Morgan fingerprint density at radius 1 is 0.366 bits per heavy atom. The first-order valence-corrected chi connectivity index (χ1v) is 14.4. The van der Waals surface area contributed by atoms with Gasteiger partial charge in [-0.25, -0.2) is 0 Å². The van der Waals surface area contributed by atoms with E-state index in [-0.39, 0.29) is 0 Å². The quantitative estimate of drug-likeness (QED) is 0.120. The van der Waals surface area contributed by atoms with Crippen molar-refractivity contribution in [2.24, 2.45) is 0 Å². The van der Waals surface area contributed by atoms with Gasteiger partial charge >= 0.3 is 14.2 Å². The van der Waals surface area contributed by atoms with Crippen LogP contribution >= 0.6 is 0 Å². The number of hydrogen-bond acceptors (Lipinski definition) is 6. The van der Waals surface area contributed by atoms with E-state index in [2.05, 4.69) is 0 Å². The van der Waals surface area contributed by atoms with E-state index < -0.39 is 14.2 Å². The van der Waals surface area contributed by atoms with E-state index in [1.165, 1.54) is 19.3 Å². The molecular weight excluding hydrogens is 514 g/mol. The lowest BCUT2D eigenvalue weighted by atomic mass is 9.80. The summed E-state index contributed by atoms with van der Waals surface area (Å²) >= 11 is 0. The minimum Gasteiger partial charge on any atom is -0.494 e. The molecule has 0 heterocycles. The Morgan fingerprint density at radius 3 is 0.927 bits per heavy atom. The van der Waals surface area contributed by atoms with Gasteiger partial charge in [0.2, 0.25) is 0 Å². The predicted molar refractivity (Wildman–Crippen MR) is 167 cm³/mol. The summed E-state index contributed by atoms with van der Waals surface area (Å²) in [7, 11) is -2.89. The average molecular weight is 552 g/mol. The van der Waals surface area contributed by atoms with Gasteiger partial charge in [-0.05, 0) is 70.3 Å². The zero-order valence-electron chi connectivity index (χ0n) is 23.4. The molecule has 0 aliphatic rings. The summed E-state index contributed by atoms with van der Waals surface area (Å²) in [4.78, 5) is 0. The second kappa shape index (κ2) is 16.0. The van der Waals surface area contributed by atoms with Crippen molar-refractivity contribution >= 4 is 25.2 Å². The molecule has 41 heavy (non-hydrogen) atoms. The number of ether oxygens (including phenoxy) is 2. The molecule has 6 nitrogen and oxygen atoms in total. The van der Waals surface area contributed by atoms with Crippen LogP contribution in [-0.4, -0.2) is 47.5 Å². The highest BCUT2D eigenvalue weighted by atomic mass is 16.5. The summed E-state index contributed by atoms with van der Waals surface area (Å²) in [6, 6.07) is 30.4. The van der Waals surface area contributed by atoms with E-state index in [0.717, 1.165) is 59.4 Å². The summed E-state index contributed by atoms with van der Waals surface area (Å²) < 4.78 is 11.8. The lowest BCUT2D eigenvalue weighted by Gasteiger charge is -2.09. The Kier molecular flexibility index (Phi) is 11.9. The molecule has 0 atom stereocenters. The van der Waals surface area contributed by atoms with Gasteiger partial charge in [0, 0.05) is 0 Å². The van der Waals surface area contributed by atoms with Gasteiger partial charge in [-0.2, -0.15) is 0 Å². The summed E-state index contributed by atoms with van der Waals surface area (Å²) in [6.07, 6.45) is 8.05. The normalized spacial score (nSPS) is 10.8. The van der Waals surface area contributed by atoms with Crippen molar-refractivity contribution in [3.05, 3.63) is 97.1 Å². The van der Waals surface area contributed by atoms with Crippen molar-refractivity contribution < 1.29 is 29.6 Å². The highest BCUT2D eigenvalue weighted by Gasteiger charge is 2.11. The Morgan fingerprint density at radius 2 is 0.634 bits per heavy atom. The van der Waals surface area contributed by atoms with Crippen molar-refractivity contribution in [1.29, 1.82) is 0 Å². The fraction of sp³-hybridized carbons (Fsp3) is 0.273. The second-order valence-corrected chi connectivity index (χ2v) is 10.2. The molecule has 8 heteroatoms. The average Bonchev–Trinajstić information content (AvgIpc) is 3.00. The molecule has 0 unspecified atom stereocenters. The molecule has 0 amide bonds. The number of unbranched alkanes of at least 4 members (excludes halogenated alkanes) is 6. The van der Waals surface area contributed by atoms with Crippen molar-refractivity contribution in [2.45, 2.75) is 44.9 Å². The van der Waals surface area contributed by atoms with Gasteiger partial charge in [-0.1, -0.05) is 105 Å². The Balaban J connectivity index is 1.01. The van der Waals surface area contributed by atoms with Crippen molar-refractivity contribution in [3.8, 4) is 33.8 Å². The molecule has 0 saturated heterocycles. The topological polar surface area (TPSA) is 99.4 Å². The maximum absolute atomic E-state index is 9.22. The van der Waals surface area contributed by atoms with Crippen LogP contribution < -0.4 is 20.4 Å². The molecule has 4 rings (SSSR count). The second-order valence-electron chi connectivity index (χ2n) is 10.2. The standard InChI is InChI=1S/C33H38B2O6/c36-34(37)30-16-8-26(9-17-30)28-12-20-32(21-13-28)40-24-6-4-2-1-3-5-7-25-41-33-22-14-29(15-23-33)27-10-18-31(19-11-27)35(38)39/h8-23,36-39H,1-7,24-25H2. The molecule has 4 N–H and O–H groups in total. The van der Waals surface area contributed by atoms with Crippen LogP contribution in [0.3, 0.4) is 0 Å². The summed E-state index contributed by atoms with van der Waals surface area (Å²) in [5.74, 6) is 1.73. The largest absolute Gasteiger partial charge is 0.494 e. The molecule has 0 radical (unpaired) electrons. The van der Waals surface area contributed by atoms with Crippen molar-refractivity contribution in [2.75, 3.05) is 13.2 Å². The summed E-state index contributed by atoms with van der Waals surface area (Å²) in [5, 5.41) is 36.9. The molecule has 0 spiro atoms. The third-order valence-corrected chi connectivity index (χ3v) is 7.12. The van der Waals surface area contributed by atoms with E-state index in [1.807, 2.05) is 72.8 Å². The molecule has 0 aliphatic carbocycles. The first-order chi connectivity index (χ1) is 20.0. The van der Waals surface area contributed by atoms with Crippen LogP contribution in [0.4, 0.5) is 0 Å². The molecule has 4 aromatic carbocycles. The summed E-state index contributed by atoms with van der Waals surface area (Å²) in [5.41, 5.74) is 5.12. The fourth-order valence-corrected chi connectivity index (χ4v) is 4.65. The van der Waals surface area contributed by atoms with Gasteiger partial charge in [0.05, 0.1) is 13.2 Å². The highest BCUT2D eigenvalue weighted by molar-refractivity contribution is 6.58. The van der Waals surface area contributed by atoms with E-state index in [1.54, 1.807) is 24.3 Å². The van der Waals surface area contributed by atoms with Gasteiger partial charge < -0.3 is 29.6 Å². The molecule has 4 aromatic rings. The highest BCUT2D eigenvalue weighted by Crippen LogP contribution is 2.23. The third kappa shape index (κ3) is 9.80. The number of hydrogen-bond donors (Lipinski definition) is 4. The molecule has 0 saturated carbocycles. The van der Waals surface area contributed by atoms with Gasteiger partial charge in [0.15, 0.2) is 0 Å². The molecule has 0 bridgehead atoms. The molecule has 0 aliphatic heterocycles. The molecule has 0 fully saturated rings. The van der Waals surface area contributed by atoms with E-state index >= 15 is 0 Å². The van der Waals surface area contributed by atoms with E-state index in [9.17, 15) is 20.1 Å². The first kappa shape index (κ1) is 30.4. The van der Waals surface area contributed by atoms with E-state index in [0.29, 0.717) is 24.1 Å². The van der Waals surface area contributed by atoms with Crippen LogP contribution in [-0.2, 0) is 0 Å². The van der Waals surface area contributed by atoms with E-state index in [4.69, 9.17) is 9.47 Å². The Bertz CT molecular complexity index is 1190. The lowest BCUT2D eigenvalue weighted by Crippen LogP contribution is -2.29. The smallest absolute Gasteiger partial charge is 0.488 e. The Hall–Kier alpha value is -3.55. The Labute approximate surface area is 243 Å². The van der Waals surface area contributed by atoms with Crippen molar-refractivity contribution in [1.82, 2.24) is 0 Å². The van der Waals surface area contributed by atoms with Gasteiger partial charge in [0.1, 0.15) is 11.5 Å². The van der Waals surface area contributed by atoms with Gasteiger partial charge in [-0.15, -0.1) is 0 Å². The van der Waals surface area contributed by atoms with Crippen LogP contribution in [0.15, 0.2) is 97.1 Å². The molecule has 212 valence electrons. The fourth-order valence-electron chi connectivity index (χ4n) is 4.65. The molecular formula is C33H38B2O6. The maximum atomic E-state index is 9.22. The maximum Gasteiger partial charge on any atom is 0.488 e. The zero-order chi connectivity index (χ0) is 28.9. The number of benzene rings is 4. The zero-order valence-corrected chi connectivity index (χ0v) is 23.4. The van der Waals surface area contributed by atoms with Crippen LogP contribution in [0, 0.1) is 0 Å². The number of rotatable bonds is 16. The predicted octanol–water partition coefficient (Wildman–Crippen LogP) is 4.57. The van der Waals surface area contributed by atoms with Gasteiger partial charge in [-0.3, -0.25) is 0 Å².